The number of aromatic nitrogens is 1. The van der Waals surface area contributed by atoms with E-state index in [0.29, 0.717) is 13.1 Å². The number of carboxylic acids is 1. The Hall–Kier alpha value is -2.18. The lowest BCUT2D eigenvalue weighted by Gasteiger charge is -2.20. The molecule has 92 valence electrons. The summed E-state index contributed by atoms with van der Waals surface area (Å²) in [5.41, 5.74) is -0.471. The molecule has 17 heavy (non-hydrogen) atoms. The molecule has 0 radical (unpaired) electrons. The molecule has 1 N–H and O–H groups in total. The number of carbonyl (C=O) groups is 1. The maximum Gasteiger partial charge on any atom is 0.339 e. The fraction of sp³-hybridized carbons (Fsp3) is 0.400. The van der Waals surface area contributed by atoms with Crippen molar-refractivity contribution in [2.75, 3.05) is 18.0 Å². The number of aromatic carboxylic acids is 1. The van der Waals surface area contributed by atoms with Crippen LogP contribution in [0.1, 0.15) is 24.2 Å². The molecule has 0 amide bonds. The number of nitrogens with zero attached hydrogens (tertiary/aromatic N) is 3. The van der Waals surface area contributed by atoms with Crippen molar-refractivity contribution in [2.24, 2.45) is 0 Å². The zero-order valence-electron chi connectivity index (χ0n) is 9.58. The Kier molecular flexibility index (Phi) is 3.97. The lowest BCUT2D eigenvalue weighted by Crippen LogP contribution is -2.25. The van der Waals surface area contributed by atoms with Gasteiger partial charge in [0, 0.05) is 19.2 Å². The number of hydrogen-bond acceptors (Lipinski definition) is 5. The number of hydrogen-bond donors (Lipinski definition) is 1. The van der Waals surface area contributed by atoms with Crippen LogP contribution in [0.2, 0.25) is 0 Å². The highest BCUT2D eigenvalue weighted by Gasteiger charge is 2.20. The molecule has 1 heterocycles. The lowest BCUT2D eigenvalue weighted by molar-refractivity contribution is -0.385. The van der Waals surface area contributed by atoms with E-state index in [9.17, 15) is 14.9 Å². The number of pyridine rings is 1. The summed E-state index contributed by atoms with van der Waals surface area (Å²) in [6, 6.07) is 1.03. The minimum atomic E-state index is -1.22. The second-order valence-corrected chi connectivity index (χ2v) is 3.30. The molecule has 0 atom stereocenters. The smallest absolute Gasteiger partial charge is 0.339 e. The first-order valence-electron chi connectivity index (χ1n) is 5.13. The summed E-state index contributed by atoms with van der Waals surface area (Å²) >= 11 is 0. The van der Waals surface area contributed by atoms with Gasteiger partial charge in [-0.25, -0.2) is 9.78 Å². The third-order valence-corrected chi connectivity index (χ3v) is 2.36. The monoisotopic (exact) mass is 239 g/mol. The molecule has 1 aromatic heterocycles. The summed E-state index contributed by atoms with van der Waals surface area (Å²) in [6.45, 7) is 4.89. The maximum atomic E-state index is 11.0. The van der Waals surface area contributed by atoms with Gasteiger partial charge in [-0.15, -0.1) is 0 Å². The van der Waals surface area contributed by atoms with Crippen molar-refractivity contribution < 1.29 is 14.8 Å². The van der Waals surface area contributed by atoms with E-state index in [-0.39, 0.29) is 17.1 Å². The number of anilines is 1. The highest BCUT2D eigenvalue weighted by Crippen LogP contribution is 2.22. The standard InChI is InChI=1S/C10H13N3O4/c1-3-12(4-2)9-8(10(14)15)5-7(6-11-9)13(16)17/h5-6H,3-4H2,1-2H3,(H,14,15). The van der Waals surface area contributed by atoms with Crippen LogP contribution in [-0.4, -0.2) is 34.1 Å². The first-order valence-corrected chi connectivity index (χ1v) is 5.13. The van der Waals surface area contributed by atoms with Gasteiger partial charge in [0.1, 0.15) is 17.6 Å². The molecule has 7 heteroatoms. The first kappa shape index (κ1) is 12.9. The van der Waals surface area contributed by atoms with Gasteiger partial charge < -0.3 is 10.0 Å². The predicted molar refractivity (Wildman–Crippen MR) is 61.4 cm³/mol. The van der Waals surface area contributed by atoms with Crippen molar-refractivity contribution in [3.8, 4) is 0 Å². The van der Waals surface area contributed by atoms with Gasteiger partial charge in [0.25, 0.3) is 5.69 Å². The average Bonchev–Trinajstić information content (AvgIpc) is 2.30. The molecule has 0 aliphatic heterocycles. The zero-order chi connectivity index (χ0) is 13.0. The van der Waals surface area contributed by atoms with E-state index in [0.717, 1.165) is 12.3 Å². The summed E-state index contributed by atoms with van der Waals surface area (Å²) in [5, 5.41) is 19.6. The minimum Gasteiger partial charge on any atom is -0.478 e. The fourth-order valence-electron chi connectivity index (χ4n) is 1.48. The van der Waals surface area contributed by atoms with Crippen molar-refractivity contribution in [3.05, 3.63) is 27.9 Å². The molecule has 0 fully saturated rings. The quantitative estimate of drug-likeness (QED) is 0.618. The summed E-state index contributed by atoms with van der Waals surface area (Å²) < 4.78 is 0. The largest absolute Gasteiger partial charge is 0.478 e. The van der Waals surface area contributed by atoms with Crippen LogP contribution in [0.25, 0.3) is 0 Å². The average molecular weight is 239 g/mol. The van der Waals surface area contributed by atoms with Gasteiger partial charge >= 0.3 is 5.97 Å². The van der Waals surface area contributed by atoms with Gasteiger partial charge in [-0.05, 0) is 13.8 Å². The molecule has 0 unspecified atom stereocenters. The van der Waals surface area contributed by atoms with Crippen LogP contribution in [0.3, 0.4) is 0 Å². The van der Waals surface area contributed by atoms with E-state index >= 15 is 0 Å². The third kappa shape index (κ3) is 2.68. The molecule has 0 aliphatic rings. The van der Waals surface area contributed by atoms with Gasteiger partial charge in [-0.2, -0.15) is 0 Å². The van der Waals surface area contributed by atoms with Crippen LogP contribution in [0.4, 0.5) is 11.5 Å². The van der Waals surface area contributed by atoms with E-state index in [1.54, 1.807) is 4.90 Å². The molecule has 0 saturated carbocycles. The van der Waals surface area contributed by atoms with E-state index in [1.165, 1.54) is 0 Å². The summed E-state index contributed by atoms with van der Waals surface area (Å²) in [7, 11) is 0. The predicted octanol–water partition coefficient (Wildman–Crippen LogP) is 1.53. The highest BCUT2D eigenvalue weighted by atomic mass is 16.6. The molecule has 7 nitrogen and oxygen atoms in total. The Balaban J connectivity index is 3.31. The summed E-state index contributed by atoms with van der Waals surface area (Å²) in [4.78, 5) is 26.5. The molecule has 0 saturated heterocycles. The van der Waals surface area contributed by atoms with Crippen LogP contribution in [0.15, 0.2) is 12.3 Å². The maximum absolute atomic E-state index is 11.0. The molecular formula is C10H13N3O4. The van der Waals surface area contributed by atoms with E-state index in [4.69, 9.17) is 5.11 Å². The molecule has 0 spiro atoms. The molecule has 0 aliphatic carbocycles. The molecular weight excluding hydrogens is 226 g/mol. The van der Waals surface area contributed by atoms with E-state index in [2.05, 4.69) is 4.98 Å². The van der Waals surface area contributed by atoms with Crippen molar-refractivity contribution >= 4 is 17.5 Å². The Labute approximate surface area is 97.8 Å². The van der Waals surface area contributed by atoms with Gasteiger partial charge in [0.15, 0.2) is 0 Å². The Morgan fingerprint density at radius 3 is 2.53 bits per heavy atom. The zero-order valence-corrected chi connectivity index (χ0v) is 9.58. The Bertz CT molecular complexity index is 443. The van der Waals surface area contributed by atoms with Gasteiger partial charge in [-0.1, -0.05) is 0 Å². The van der Waals surface area contributed by atoms with Crippen molar-refractivity contribution in [1.29, 1.82) is 0 Å². The normalized spacial score (nSPS) is 10.0. The summed E-state index contributed by atoms with van der Waals surface area (Å²) in [5.74, 6) is -0.962. The number of nitro groups is 1. The van der Waals surface area contributed by atoms with Gasteiger partial charge in [-0.3, -0.25) is 10.1 Å². The number of carboxylic acid groups (broad SMARTS) is 1. The Morgan fingerprint density at radius 2 is 2.12 bits per heavy atom. The Morgan fingerprint density at radius 1 is 1.53 bits per heavy atom. The molecule has 1 rings (SSSR count). The topological polar surface area (TPSA) is 96.6 Å². The lowest BCUT2D eigenvalue weighted by atomic mass is 10.2. The second-order valence-electron chi connectivity index (χ2n) is 3.30. The van der Waals surface area contributed by atoms with Crippen LogP contribution in [-0.2, 0) is 0 Å². The first-order chi connectivity index (χ1) is 8.01. The van der Waals surface area contributed by atoms with Crippen molar-refractivity contribution in [1.82, 2.24) is 4.98 Å². The summed E-state index contributed by atoms with van der Waals surface area (Å²) in [6.07, 6.45) is 1.07. The van der Waals surface area contributed by atoms with Crippen molar-refractivity contribution in [3.63, 3.8) is 0 Å². The highest BCUT2D eigenvalue weighted by molar-refractivity contribution is 5.94. The third-order valence-electron chi connectivity index (χ3n) is 2.36. The van der Waals surface area contributed by atoms with E-state index in [1.807, 2.05) is 13.8 Å². The van der Waals surface area contributed by atoms with Crippen LogP contribution < -0.4 is 4.90 Å². The molecule has 0 bridgehead atoms. The fourth-order valence-corrected chi connectivity index (χ4v) is 1.48. The van der Waals surface area contributed by atoms with Crippen LogP contribution in [0.5, 0.6) is 0 Å². The van der Waals surface area contributed by atoms with Gasteiger partial charge in [0.2, 0.25) is 0 Å². The van der Waals surface area contributed by atoms with Crippen LogP contribution in [0, 0.1) is 10.1 Å². The van der Waals surface area contributed by atoms with Gasteiger partial charge in [0.05, 0.1) is 4.92 Å². The van der Waals surface area contributed by atoms with Crippen molar-refractivity contribution in [2.45, 2.75) is 13.8 Å². The van der Waals surface area contributed by atoms with Crippen LogP contribution >= 0.6 is 0 Å². The second kappa shape index (κ2) is 5.24. The minimum absolute atomic E-state index is 0.150. The molecule has 0 aromatic carbocycles. The molecule has 1 aromatic rings. The van der Waals surface area contributed by atoms with E-state index < -0.39 is 10.9 Å². The number of rotatable bonds is 5. The SMILES string of the molecule is CCN(CC)c1ncc([N+](=O)[O-])cc1C(=O)O.